The zero-order valence-corrected chi connectivity index (χ0v) is 16.2. The van der Waals surface area contributed by atoms with Crippen molar-refractivity contribution in [2.24, 2.45) is 0 Å². The van der Waals surface area contributed by atoms with Gasteiger partial charge in [-0.1, -0.05) is 36.4 Å². The predicted molar refractivity (Wildman–Crippen MR) is 117 cm³/mol. The van der Waals surface area contributed by atoms with Gasteiger partial charge in [0.2, 0.25) is 5.91 Å². The van der Waals surface area contributed by atoms with Gasteiger partial charge in [0, 0.05) is 35.1 Å². The summed E-state index contributed by atoms with van der Waals surface area (Å²) in [6.07, 6.45) is 0. The molecule has 0 bridgehead atoms. The Balaban J connectivity index is 1.50. The molecule has 148 valence electrons. The zero-order valence-electron chi connectivity index (χ0n) is 16.2. The van der Waals surface area contributed by atoms with Crippen LogP contribution in [0.2, 0.25) is 0 Å². The number of anilines is 1. The monoisotopic (exact) mass is 397 g/mol. The number of benzene rings is 3. The standard InChI is InChI=1S/C24H19N3O3/c28-21-15-26(13-14-27(21)16-7-2-1-3-8-16)24(30)19-11-6-10-18-22(19)25-20-12-5-4-9-17(20)23(18)29/h1-12H,13-15H2,(H,25,29). The van der Waals surface area contributed by atoms with E-state index in [1.165, 1.54) is 0 Å². The summed E-state index contributed by atoms with van der Waals surface area (Å²) in [6.45, 7) is 0.856. The van der Waals surface area contributed by atoms with Crippen molar-refractivity contribution in [3.63, 3.8) is 0 Å². The van der Waals surface area contributed by atoms with Gasteiger partial charge in [0.25, 0.3) is 5.91 Å². The molecule has 1 fully saturated rings. The number of amides is 2. The van der Waals surface area contributed by atoms with Crippen LogP contribution < -0.4 is 10.3 Å². The smallest absolute Gasteiger partial charge is 0.256 e. The van der Waals surface area contributed by atoms with Crippen LogP contribution in [-0.4, -0.2) is 41.3 Å². The summed E-state index contributed by atoms with van der Waals surface area (Å²) in [5.74, 6) is -0.382. The molecule has 0 radical (unpaired) electrons. The highest BCUT2D eigenvalue weighted by atomic mass is 16.2. The molecule has 4 aromatic rings. The Morgan fingerprint density at radius 3 is 2.33 bits per heavy atom. The Hall–Kier alpha value is -3.93. The van der Waals surface area contributed by atoms with Gasteiger partial charge in [-0.05, 0) is 36.4 Å². The van der Waals surface area contributed by atoms with Gasteiger partial charge in [-0.2, -0.15) is 0 Å². The number of carbonyl (C=O) groups is 2. The molecule has 1 N–H and O–H groups in total. The van der Waals surface area contributed by atoms with Crippen molar-refractivity contribution in [2.45, 2.75) is 0 Å². The number of carbonyl (C=O) groups excluding carboxylic acids is 2. The van der Waals surface area contributed by atoms with Crippen molar-refractivity contribution in [1.82, 2.24) is 9.88 Å². The van der Waals surface area contributed by atoms with E-state index < -0.39 is 0 Å². The molecule has 6 nitrogen and oxygen atoms in total. The predicted octanol–water partition coefficient (Wildman–Crippen LogP) is 3.17. The van der Waals surface area contributed by atoms with Crippen LogP contribution in [0.3, 0.4) is 0 Å². The van der Waals surface area contributed by atoms with E-state index >= 15 is 0 Å². The van der Waals surface area contributed by atoms with Crippen LogP contribution in [0, 0.1) is 0 Å². The quantitative estimate of drug-likeness (QED) is 0.528. The van der Waals surface area contributed by atoms with Crippen molar-refractivity contribution in [1.29, 1.82) is 0 Å². The second-order valence-electron chi connectivity index (χ2n) is 7.34. The topological polar surface area (TPSA) is 73.5 Å². The average molecular weight is 397 g/mol. The molecule has 1 aliphatic heterocycles. The van der Waals surface area contributed by atoms with E-state index in [0.717, 1.165) is 5.69 Å². The van der Waals surface area contributed by atoms with Gasteiger partial charge in [-0.15, -0.1) is 0 Å². The Morgan fingerprint density at radius 2 is 1.53 bits per heavy atom. The van der Waals surface area contributed by atoms with Gasteiger partial charge < -0.3 is 14.8 Å². The van der Waals surface area contributed by atoms with Gasteiger partial charge >= 0.3 is 0 Å². The van der Waals surface area contributed by atoms with Gasteiger partial charge in [-0.25, -0.2) is 0 Å². The van der Waals surface area contributed by atoms with E-state index in [0.29, 0.717) is 40.5 Å². The molecule has 0 saturated carbocycles. The second kappa shape index (κ2) is 7.15. The summed E-state index contributed by atoms with van der Waals surface area (Å²) < 4.78 is 0. The first-order valence-corrected chi connectivity index (χ1v) is 9.82. The van der Waals surface area contributed by atoms with Gasteiger partial charge in [-0.3, -0.25) is 14.4 Å². The summed E-state index contributed by atoms with van der Waals surface area (Å²) in [7, 11) is 0. The molecule has 5 rings (SSSR count). The van der Waals surface area contributed by atoms with Crippen LogP contribution in [-0.2, 0) is 4.79 Å². The number of para-hydroxylation sites is 3. The highest BCUT2D eigenvalue weighted by Gasteiger charge is 2.29. The number of hydrogen-bond acceptors (Lipinski definition) is 3. The average Bonchev–Trinajstić information content (AvgIpc) is 2.79. The number of aromatic amines is 1. The number of rotatable bonds is 2. The number of pyridine rings is 1. The third-order valence-electron chi connectivity index (χ3n) is 5.55. The number of H-pyrrole nitrogens is 1. The van der Waals surface area contributed by atoms with Gasteiger partial charge in [0.05, 0.1) is 11.1 Å². The fourth-order valence-corrected chi connectivity index (χ4v) is 4.02. The van der Waals surface area contributed by atoms with Gasteiger partial charge in [0.1, 0.15) is 6.54 Å². The zero-order chi connectivity index (χ0) is 20.7. The first kappa shape index (κ1) is 18.1. The molecule has 30 heavy (non-hydrogen) atoms. The molecule has 6 heteroatoms. The van der Waals surface area contributed by atoms with E-state index in [2.05, 4.69) is 4.98 Å². The summed E-state index contributed by atoms with van der Waals surface area (Å²) in [6, 6.07) is 21.8. The first-order chi connectivity index (χ1) is 14.6. The highest BCUT2D eigenvalue weighted by Crippen LogP contribution is 2.22. The van der Waals surface area contributed by atoms with Crippen molar-refractivity contribution in [2.75, 3.05) is 24.5 Å². The minimum absolute atomic E-state index is 0.00191. The Morgan fingerprint density at radius 1 is 0.800 bits per heavy atom. The lowest BCUT2D eigenvalue weighted by molar-refractivity contribution is -0.120. The molecule has 2 heterocycles. The third-order valence-corrected chi connectivity index (χ3v) is 5.55. The minimum atomic E-state index is -0.257. The molecule has 0 atom stereocenters. The van der Waals surface area contributed by atoms with E-state index in [1.807, 2.05) is 48.5 Å². The van der Waals surface area contributed by atoms with Crippen molar-refractivity contribution >= 4 is 39.3 Å². The SMILES string of the molecule is O=C(c1cccc2c(=O)c3ccccc3[nH]c12)N1CCN(c2ccccc2)C(=O)C1. The maximum atomic E-state index is 13.3. The summed E-state index contributed by atoms with van der Waals surface area (Å²) in [5.41, 5.74) is 2.30. The fraction of sp³-hybridized carbons (Fsp3) is 0.125. The van der Waals surface area contributed by atoms with E-state index in [4.69, 9.17) is 0 Å². The molecule has 0 unspecified atom stereocenters. The lowest BCUT2D eigenvalue weighted by atomic mass is 10.0. The first-order valence-electron chi connectivity index (χ1n) is 9.82. The van der Waals surface area contributed by atoms with Crippen LogP contribution in [0.4, 0.5) is 5.69 Å². The lowest BCUT2D eigenvalue weighted by Gasteiger charge is -2.34. The lowest BCUT2D eigenvalue weighted by Crippen LogP contribution is -2.52. The molecule has 2 amide bonds. The fourth-order valence-electron chi connectivity index (χ4n) is 4.02. The molecule has 1 aromatic heterocycles. The molecular formula is C24H19N3O3. The summed E-state index contributed by atoms with van der Waals surface area (Å²) in [5, 5.41) is 1.05. The van der Waals surface area contributed by atoms with Crippen LogP contribution in [0.1, 0.15) is 10.4 Å². The molecule has 1 aliphatic rings. The van der Waals surface area contributed by atoms with Crippen LogP contribution >= 0.6 is 0 Å². The van der Waals surface area contributed by atoms with E-state index in [-0.39, 0.29) is 23.8 Å². The van der Waals surface area contributed by atoms with Crippen LogP contribution in [0.15, 0.2) is 77.6 Å². The number of fused-ring (bicyclic) bond motifs is 2. The molecule has 0 aliphatic carbocycles. The molecule has 0 spiro atoms. The Labute approximate surface area is 172 Å². The Kier molecular flexibility index (Phi) is 4.32. The number of nitrogens with one attached hydrogen (secondary N) is 1. The maximum Gasteiger partial charge on any atom is 0.256 e. The second-order valence-corrected chi connectivity index (χ2v) is 7.34. The van der Waals surface area contributed by atoms with Crippen molar-refractivity contribution in [3.8, 4) is 0 Å². The van der Waals surface area contributed by atoms with Crippen LogP contribution in [0.25, 0.3) is 21.8 Å². The summed E-state index contributed by atoms with van der Waals surface area (Å²) >= 11 is 0. The van der Waals surface area contributed by atoms with Crippen molar-refractivity contribution < 1.29 is 9.59 Å². The molecular weight excluding hydrogens is 378 g/mol. The molecule has 3 aromatic carbocycles. The third kappa shape index (κ3) is 2.93. The number of nitrogens with zero attached hydrogens (tertiary/aromatic N) is 2. The van der Waals surface area contributed by atoms with Crippen molar-refractivity contribution in [3.05, 3.63) is 88.6 Å². The normalized spacial score (nSPS) is 14.5. The minimum Gasteiger partial charge on any atom is -0.354 e. The maximum absolute atomic E-state index is 13.3. The number of piperazine rings is 1. The number of aromatic nitrogens is 1. The van der Waals surface area contributed by atoms with E-state index in [1.54, 1.807) is 34.1 Å². The summed E-state index contributed by atoms with van der Waals surface area (Å²) in [4.78, 5) is 45.4. The van der Waals surface area contributed by atoms with Gasteiger partial charge in [0.15, 0.2) is 5.43 Å². The van der Waals surface area contributed by atoms with E-state index in [9.17, 15) is 14.4 Å². The molecule has 1 saturated heterocycles. The largest absolute Gasteiger partial charge is 0.354 e. The number of hydrogen-bond donors (Lipinski definition) is 1. The highest BCUT2D eigenvalue weighted by molar-refractivity contribution is 6.09. The Bertz CT molecular complexity index is 1340. The van der Waals surface area contributed by atoms with Crippen LogP contribution in [0.5, 0.6) is 0 Å².